The van der Waals surface area contributed by atoms with Crippen LogP contribution in [0.2, 0.25) is 5.02 Å². The molecule has 0 bridgehead atoms. The van der Waals surface area contributed by atoms with Gasteiger partial charge in [0.15, 0.2) is 0 Å². The van der Waals surface area contributed by atoms with Crippen molar-refractivity contribution in [3.63, 3.8) is 0 Å². The van der Waals surface area contributed by atoms with Crippen molar-refractivity contribution < 1.29 is 5.11 Å². The molecule has 2 atom stereocenters. The summed E-state index contributed by atoms with van der Waals surface area (Å²) in [7, 11) is 1.93. The second kappa shape index (κ2) is 5.91. The predicted octanol–water partition coefficient (Wildman–Crippen LogP) is 2.27. The number of hydrogen-bond donors (Lipinski definition) is 2. The number of aliphatic hydroxyl groups excluding tert-OH is 1. The molecule has 1 fully saturated rings. The van der Waals surface area contributed by atoms with Gasteiger partial charge in [-0.3, -0.25) is 0 Å². The molecule has 0 aliphatic carbocycles. The quantitative estimate of drug-likeness (QED) is 0.879. The summed E-state index contributed by atoms with van der Waals surface area (Å²) in [5, 5.41) is 13.5. The number of nitrogens with one attached hydrogen (secondary N) is 1. The van der Waals surface area contributed by atoms with Crippen molar-refractivity contribution in [2.45, 2.75) is 26.0 Å². The first-order valence-electron chi connectivity index (χ1n) is 6.48. The van der Waals surface area contributed by atoms with Gasteiger partial charge < -0.3 is 15.3 Å². The Hall–Kier alpha value is -0.770. The molecule has 18 heavy (non-hydrogen) atoms. The van der Waals surface area contributed by atoms with Crippen LogP contribution in [0.5, 0.6) is 0 Å². The fraction of sp³-hybridized carbons (Fsp3) is 0.571. The predicted molar refractivity (Wildman–Crippen MR) is 76.2 cm³/mol. The van der Waals surface area contributed by atoms with Crippen molar-refractivity contribution in [1.29, 1.82) is 0 Å². The van der Waals surface area contributed by atoms with Crippen molar-refractivity contribution in [1.82, 2.24) is 5.32 Å². The van der Waals surface area contributed by atoms with E-state index in [9.17, 15) is 5.11 Å². The molecule has 2 N–H and O–H groups in total. The number of anilines is 1. The second-order valence-corrected chi connectivity index (χ2v) is 5.46. The van der Waals surface area contributed by atoms with E-state index in [1.54, 1.807) is 0 Å². The summed E-state index contributed by atoms with van der Waals surface area (Å²) in [5.74, 6) is 0.359. The summed E-state index contributed by atoms with van der Waals surface area (Å²) in [6.45, 7) is 4.56. The van der Waals surface area contributed by atoms with Gasteiger partial charge in [0.05, 0.1) is 16.8 Å². The zero-order valence-electron chi connectivity index (χ0n) is 11.0. The highest BCUT2D eigenvalue weighted by Gasteiger charge is 2.27. The third-order valence-corrected chi connectivity index (χ3v) is 3.94. The van der Waals surface area contributed by atoms with Crippen molar-refractivity contribution in [3.8, 4) is 0 Å². The average Bonchev–Trinajstić information content (AvgIpc) is 2.79. The minimum absolute atomic E-state index is 0.239. The highest BCUT2D eigenvalue weighted by molar-refractivity contribution is 6.33. The molecule has 0 radical (unpaired) electrons. The highest BCUT2D eigenvalue weighted by Crippen LogP contribution is 2.32. The van der Waals surface area contributed by atoms with Gasteiger partial charge in [-0.25, -0.2) is 0 Å². The minimum atomic E-state index is -0.239. The molecule has 1 aromatic carbocycles. The second-order valence-electron chi connectivity index (χ2n) is 5.05. The normalized spacial score (nSPS) is 21.3. The lowest BCUT2D eigenvalue weighted by Crippen LogP contribution is -2.24. The maximum absolute atomic E-state index is 9.63. The Balaban J connectivity index is 2.10. The molecule has 3 nitrogen and oxygen atoms in total. The molecule has 2 unspecified atom stereocenters. The Labute approximate surface area is 114 Å². The molecule has 0 aromatic heterocycles. The summed E-state index contributed by atoms with van der Waals surface area (Å²) in [6.07, 6.45) is 0.795. The molecule has 4 heteroatoms. The number of aliphatic hydroxyl groups is 1. The number of hydrogen-bond acceptors (Lipinski definition) is 3. The van der Waals surface area contributed by atoms with Gasteiger partial charge in [-0.05, 0) is 38.1 Å². The summed E-state index contributed by atoms with van der Waals surface area (Å²) in [4.78, 5) is 2.27. The van der Waals surface area contributed by atoms with Crippen LogP contribution in [0.25, 0.3) is 0 Å². The maximum Gasteiger partial charge on any atom is 0.0642 e. The van der Waals surface area contributed by atoms with Gasteiger partial charge >= 0.3 is 0 Å². The number of benzene rings is 1. The molecule has 1 heterocycles. The van der Waals surface area contributed by atoms with Crippen LogP contribution in [0.15, 0.2) is 18.2 Å². The zero-order valence-corrected chi connectivity index (χ0v) is 11.7. The first-order chi connectivity index (χ1) is 8.61. The van der Waals surface area contributed by atoms with E-state index in [-0.39, 0.29) is 6.10 Å². The van der Waals surface area contributed by atoms with E-state index in [0.29, 0.717) is 5.92 Å². The molecule has 0 spiro atoms. The van der Waals surface area contributed by atoms with Gasteiger partial charge in [-0.15, -0.1) is 0 Å². The van der Waals surface area contributed by atoms with Crippen LogP contribution in [-0.4, -0.2) is 31.3 Å². The molecule has 1 aromatic rings. The lowest BCUT2D eigenvalue weighted by Gasteiger charge is -2.21. The third-order valence-electron chi connectivity index (χ3n) is 3.64. The largest absolute Gasteiger partial charge is 0.393 e. The fourth-order valence-corrected chi connectivity index (χ4v) is 2.84. The van der Waals surface area contributed by atoms with Crippen molar-refractivity contribution >= 4 is 17.3 Å². The lowest BCUT2D eigenvalue weighted by atomic mass is 10.0. The van der Waals surface area contributed by atoms with E-state index in [2.05, 4.69) is 22.3 Å². The van der Waals surface area contributed by atoms with E-state index in [0.717, 1.165) is 36.8 Å². The summed E-state index contributed by atoms with van der Waals surface area (Å²) in [6, 6.07) is 6.20. The van der Waals surface area contributed by atoms with E-state index in [1.165, 1.54) is 5.56 Å². The van der Waals surface area contributed by atoms with Crippen molar-refractivity contribution in [2.24, 2.45) is 5.92 Å². The first-order valence-corrected chi connectivity index (χ1v) is 6.85. The number of rotatable bonds is 4. The molecular formula is C14H21ClN2O. The zero-order chi connectivity index (χ0) is 13.1. The standard InChI is InChI=1S/C14H21ClN2O/c1-10(18)12-5-6-17(9-12)14-4-3-11(8-16-2)7-13(14)15/h3-4,7,10,12,16,18H,5-6,8-9H2,1-2H3. The van der Waals surface area contributed by atoms with E-state index in [4.69, 9.17) is 11.6 Å². The summed E-state index contributed by atoms with van der Waals surface area (Å²) < 4.78 is 0. The molecular weight excluding hydrogens is 248 g/mol. The maximum atomic E-state index is 9.63. The molecule has 1 aliphatic heterocycles. The van der Waals surface area contributed by atoms with Crippen LogP contribution in [-0.2, 0) is 6.54 Å². The molecule has 1 saturated heterocycles. The van der Waals surface area contributed by atoms with E-state index >= 15 is 0 Å². The average molecular weight is 269 g/mol. The van der Waals surface area contributed by atoms with Crippen LogP contribution in [0.3, 0.4) is 0 Å². The van der Waals surface area contributed by atoms with Crippen LogP contribution < -0.4 is 10.2 Å². The van der Waals surface area contributed by atoms with E-state index in [1.807, 2.05) is 20.0 Å². The van der Waals surface area contributed by atoms with Gasteiger partial charge in [0, 0.05) is 25.6 Å². The van der Waals surface area contributed by atoms with Crippen molar-refractivity contribution in [2.75, 3.05) is 25.0 Å². The topological polar surface area (TPSA) is 35.5 Å². The van der Waals surface area contributed by atoms with Crippen LogP contribution in [0, 0.1) is 5.92 Å². The van der Waals surface area contributed by atoms with Gasteiger partial charge in [0.2, 0.25) is 0 Å². The lowest BCUT2D eigenvalue weighted by molar-refractivity contribution is 0.136. The Morgan fingerprint density at radius 1 is 1.56 bits per heavy atom. The van der Waals surface area contributed by atoms with Gasteiger partial charge in [0.1, 0.15) is 0 Å². The van der Waals surface area contributed by atoms with E-state index < -0.39 is 0 Å². The monoisotopic (exact) mass is 268 g/mol. The smallest absolute Gasteiger partial charge is 0.0642 e. The van der Waals surface area contributed by atoms with Gasteiger partial charge in [-0.2, -0.15) is 0 Å². The van der Waals surface area contributed by atoms with Gasteiger partial charge in [-0.1, -0.05) is 17.7 Å². The molecule has 100 valence electrons. The Morgan fingerprint density at radius 3 is 2.89 bits per heavy atom. The Morgan fingerprint density at radius 2 is 2.33 bits per heavy atom. The molecule has 0 amide bonds. The SMILES string of the molecule is CNCc1ccc(N2CCC(C(C)O)C2)c(Cl)c1. The highest BCUT2D eigenvalue weighted by atomic mass is 35.5. The fourth-order valence-electron chi connectivity index (χ4n) is 2.52. The third kappa shape index (κ3) is 2.97. The summed E-state index contributed by atoms with van der Waals surface area (Å²) in [5.41, 5.74) is 2.28. The van der Waals surface area contributed by atoms with Crippen LogP contribution >= 0.6 is 11.6 Å². The first kappa shape index (κ1) is 13.7. The van der Waals surface area contributed by atoms with Crippen molar-refractivity contribution in [3.05, 3.63) is 28.8 Å². The molecule has 2 rings (SSSR count). The van der Waals surface area contributed by atoms with Crippen LogP contribution in [0.1, 0.15) is 18.9 Å². The molecule has 0 saturated carbocycles. The number of halogens is 1. The van der Waals surface area contributed by atoms with Gasteiger partial charge in [0.25, 0.3) is 0 Å². The number of nitrogens with zero attached hydrogens (tertiary/aromatic N) is 1. The molecule has 1 aliphatic rings. The minimum Gasteiger partial charge on any atom is -0.393 e. The summed E-state index contributed by atoms with van der Waals surface area (Å²) >= 11 is 6.34. The Kier molecular flexibility index (Phi) is 4.49. The van der Waals surface area contributed by atoms with Crippen LogP contribution in [0.4, 0.5) is 5.69 Å². The Bertz CT molecular complexity index is 409.